The number of rotatable bonds is 4. The Hall–Kier alpha value is -1.01. The van der Waals surface area contributed by atoms with E-state index in [-0.39, 0.29) is 22.8 Å². The van der Waals surface area contributed by atoms with E-state index in [1.807, 2.05) is 6.20 Å². The van der Waals surface area contributed by atoms with Crippen molar-refractivity contribution in [1.82, 2.24) is 9.55 Å². The highest BCUT2D eigenvalue weighted by Gasteiger charge is 2.42. The minimum absolute atomic E-state index is 0.0198. The summed E-state index contributed by atoms with van der Waals surface area (Å²) in [5.41, 5.74) is 0.885. The summed E-state index contributed by atoms with van der Waals surface area (Å²) in [7, 11) is 0. The first-order valence-corrected chi connectivity index (χ1v) is 8.19. The number of ether oxygens (including phenoxy) is 1. The van der Waals surface area contributed by atoms with Crippen LogP contribution in [0, 0.1) is 0 Å². The maximum Gasteiger partial charge on any atom is 0.313 e. The third-order valence-corrected chi connectivity index (χ3v) is 5.12. The van der Waals surface area contributed by atoms with Gasteiger partial charge < -0.3 is 14.4 Å². The lowest BCUT2D eigenvalue weighted by molar-refractivity contribution is -0.133. The van der Waals surface area contributed by atoms with Crippen molar-refractivity contribution in [2.45, 2.75) is 63.3 Å². The zero-order chi connectivity index (χ0) is 15.8. The minimum Gasteiger partial charge on any atom is -0.481 e. The fraction of sp³-hybridized carbons (Fsp3) is 0.733. The summed E-state index contributed by atoms with van der Waals surface area (Å²) in [6, 6.07) is 0. The third kappa shape index (κ3) is 3.11. The molecule has 0 spiro atoms. The van der Waals surface area contributed by atoms with Crippen LogP contribution in [0.4, 0.5) is 0 Å². The van der Waals surface area contributed by atoms with Crippen molar-refractivity contribution in [2.24, 2.45) is 0 Å². The molecule has 2 heterocycles. The quantitative estimate of drug-likeness (QED) is 0.866. The third-order valence-electron chi connectivity index (χ3n) is 4.19. The molecule has 1 aliphatic rings. The second-order valence-corrected chi connectivity index (χ2v) is 7.76. The molecule has 118 valence electrons. The fourth-order valence-electron chi connectivity index (χ4n) is 2.70. The van der Waals surface area contributed by atoms with Gasteiger partial charge in [0.25, 0.3) is 0 Å². The van der Waals surface area contributed by atoms with Crippen molar-refractivity contribution in [1.29, 1.82) is 0 Å². The molecule has 1 aliphatic heterocycles. The number of nitrogens with zero attached hydrogens (tertiary/aromatic N) is 2. The van der Waals surface area contributed by atoms with Gasteiger partial charge in [0.05, 0.1) is 17.4 Å². The zero-order valence-electron chi connectivity index (χ0n) is 13.3. The van der Waals surface area contributed by atoms with Crippen molar-refractivity contribution in [3.8, 4) is 0 Å². The highest BCUT2D eigenvalue weighted by atomic mass is 32.2. The summed E-state index contributed by atoms with van der Waals surface area (Å²) in [5.74, 6) is -0.806. The second-order valence-electron chi connectivity index (χ2n) is 6.81. The molecule has 6 heteroatoms. The van der Waals surface area contributed by atoms with Crippen LogP contribution in [0.15, 0.2) is 11.4 Å². The molecule has 0 saturated carbocycles. The SMILES string of the molecule is CC1OCCC1(C)n1c(C(C)(C)C)cnc1SCC(=O)O. The van der Waals surface area contributed by atoms with Crippen LogP contribution in [0.3, 0.4) is 0 Å². The second kappa shape index (κ2) is 5.65. The number of carboxylic acid groups (broad SMARTS) is 1. The average Bonchev–Trinajstić information content (AvgIpc) is 2.92. The van der Waals surface area contributed by atoms with E-state index in [4.69, 9.17) is 9.84 Å². The number of thioether (sulfide) groups is 1. The Kier molecular flexibility index (Phi) is 4.40. The lowest BCUT2D eigenvalue weighted by Gasteiger charge is -2.35. The molecule has 1 N–H and O–H groups in total. The van der Waals surface area contributed by atoms with Gasteiger partial charge in [0.15, 0.2) is 5.16 Å². The van der Waals surface area contributed by atoms with E-state index in [1.165, 1.54) is 11.8 Å². The van der Waals surface area contributed by atoms with Gasteiger partial charge in [-0.25, -0.2) is 4.98 Å². The summed E-state index contributed by atoms with van der Waals surface area (Å²) < 4.78 is 7.97. The first-order chi connectivity index (χ1) is 9.66. The van der Waals surface area contributed by atoms with E-state index in [0.29, 0.717) is 0 Å². The van der Waals surface area contributed by atoms with Gasteiger partial charge in [-0.2, -0.15) is 0 Å². The van der Waals surface area contributed by atoms with E-state index in [0.717, 1.165) is 23.9 Å². The number of carbonyl (C=O) groups is 1. The van der Waals surface area contributed by atoms with Crippen molar-refractivity contribution in [3.63, 3.8) is 0 Å². The van der Waals surface area contributed by atoms with Gasteiger partial charge in [-0.3, -0.25) is 4.79 Å². The number of aromatic nitrogens is 2. The molecule has 1 fully saturated rings. The molecule has 5 nitrogen and oxygen atoms in total. The van der Waals surface area contributed by atoms with Gasteiger partial charge in [0.2, 0.25) is 0 Å². The minimum atomic E-state index is -0.826. The highest BCUT2D eigenvalue weighted by molar-refractivity contribution is 7.99. The van der Waals surface area contributed by atoms with E-state index < -0.39 is 5.97 Å². The van der Waals surface area contributed by atoms with E-state index in [1.54, 1.807) is 0 Å². The topological polar surface area (TPSA) is 64.4 Å². The van der Waals surface area contributed by atoms with Crippen molar-refractivity contribution >= 4 is 17.7 Å². The summed E-state index contributed by atoms with van der Waals surface area (Å²) in [5, 5.41) is 9.70. The number of hydrogen-bond donors (Lipinski definition) is 1. The monoisotopic (exact) mass is 312 g/mol. The largest absolute Gasteiger partial charge is 0.481 e. The first kappa shape index (κ1) is 16.4. The predicted molar refractivity (Wildman–Crippen MR) is 83.0 cm³/mol. The van der Waals surface area contributed by atoms with Crippen LogP contribution in [0.1, 0.15) is 46.7 Å². The fourth-order valence-corrected chi connectivity index (χ4v) is 3.52. The van der Waals surface area contributed by atoms with E-state index in [2.05, 4.69) is 44.2 Å². The van der Waals surface area contributed by atoms with Gasteiger partial charge in [-0.05, 0) is 20.3 Å². The van der Waals surface area contributed by atoms with Gasteiger partial charge in [-0.15, -0.1) is 0 Å². The van der Waals surface area contributed by atoms with Crippen molar-refractivity contribution in [2.75, 3.05) is 12.4 Å². The van der Waals surface area contributed by atoms with E-state index >= 15 is 0 Å². The molecule has 0 amide bonds. The number of hydrogen-bond acceptors (Lipinski definition) is 4. The van der Waals surface area contributed by atoms with Crippen LogP contribution in [0.25, 0.3) is 0 Å². The molecule has 1 saturated heterocycles. The zero-order valence-corrected chi connectivity index (χ0v) is 14.2. The van der Waals surface area contributed by atoms with Crippen molar-refractivity contribution in [3.05, 3.63) is 11.9 Å². The number of carboxylic acids is 1. The number of aliphatic carboxylic acids is 1. The molecule has 0 aliphatic carbocycles. The summed E-state index contributed by atoms with van der Waals surface area (Å²) in [6.07, 6.45) is 2.87. The van der Waals surface area contributed by atoms with E-state index in [9.17, 15) is 4.79 Å². The van der Waals surface area contributed by atoms with Crippen LogP contribution in [-0.2, 0) is 20.5 Å². The molecule has 0 aromatic carbocycles. The standard InChI is InChI=1S/C15H24N2O3S/c1-10-15(5,6-7-20-10)17-11(14(2,3)4)8-16-13(17)21-9-12(18)19/h8,10H,6-7,9H2,1-5H3,(H,18,19). The molecular weight excluding hydrogens is 288 g/mol. The van der Waals surface area contributed by atoms with Crippen LogP contribution in [0.5, 0.6) is 0 Å². The van der Waals surface area contributed by atoms with Gasteiger partial charge in [0.1, 0.15) is 0 Å². The molecule has 1 aromatic rings. The maximum atomic E-state index is 10.9. The lowest BCUT2D eigenvalue weighted by atomic mass is 9.88. The van der Waals surface area contributed by atoms with Gasteiger partial charge >= 0.3 is 5.97 Å². The Bertz CT molecular complexity index is 536. The van der Waals surface area contributed by atoms with Crippen LogP contribution in [-0.4, -0.2) is 39.1 Å². The molecule has 21 heavy (non-hydrogen) atoms. The first-order valence-electron chi connectivity index (χ1n) is 7.21. The summed E-state index contributed by atoms with van der Waals surface area (Å²) in [6.45, 7) is 11.4. The molecule has 2 unspecified atom stereocenters. The Labute approximate surface area is 130 Å². The average molecular weight is 312 g/mol. The Morgan fingerprint density at radius 2 is 2.29 bits per heavy atom. The van der Waals surface area contributed by atoms with Crippen LogP contribution >= 0.6 is 11.8 Å². The van der Waals surface area contributed by atoms with Gasteiger partial charge in [0, 0.05) is 23.9 Å². The Morgan fingerprint density at radius 1 is 1.62 bits per heavy atom. The highest BCUT2D eigenvalue weighted by Crippen LogP contribution is 2.40. The molecule has 2 rings (SSSR count). The molecule has 1 aromatic heterocycles. The molecule has 2 atom stereocenters. The van der Waals surface area contributed by atoms with Crippen LogP contribution < -0.4 is 0 Å². The Balaban J connectivity index is 2.48. The van der Waals surface area contributed by atoms with Crippen LogP contribution in [0.2, 0.25) is 0 Å². The van der Waals surface area contributed by atoms with Crippen molar-refractivity contribution < 1.29 is 14.6 Å². The number of imidazole rings is 1. The maximum absolute atomic E-state index is 10.9. The smallest absolute Gasteiger partial charge is 0.313 e. The molecular formula is C15H24N2O3S. The predicted octanol–water partition coefficient (Wildman–Crippen LogP) is 2.88. The summed E-state index contributed by atoms with van der Waals surface area (Å²) >= 11 is 1.28. The molecule has 0 radical (unpaired) electrons. The summed E-state index contributed by atoms with van der Waals surface area (Å²) in [4.78, 5) is 15.4. The normalized spacial score (nSPS) is 26.2. The molecule has 0 bridgehead atoms. The van der Waals surface area contributed by atoms with Gasteiger partial charge in [-0.1, -0.05) is 32.5 Å². The lowest BCUT2D eigenvalue weighted by Crippen LogP contribution is -2.40. The Morgan fingerprint density at radius 3 is 2.76 bits per heavy atom.